The average molecular weight is 389 g/mol. The van der Waals surface area contributed by atoms with Crippen LogP contribution in [0.1, 0.15) is 40.5 Å². The van der Waals surface area contributed by atoms with Crippen LogP contribution >= 0.6 is 0 Å². The van der Waals surface area contributed by atoms with Crippen molar-refractivity contribution >= 4 is 17.1 Å². The van der Waals surface area contributed by atoms with E-state index in [0.717, 1.165) is 30.9 Å². The van der Waals surface area contributed by atoms with Gasteiger partial charge in [0, 0.05) is 39.3 Å². The Labute approximate surface area is 165 Å². The van der Waals surface area contributed by atoms with Gasteiger partial charge in [0.25, 0.3) is 5.56 Å². The van der Waals surface area contributed by atoms with Crippen molar-refractivity contribution in [2.75, 3.05) is 18.0 Å². The summed E-state index contributed by atoms with van der Waals surface area (Å²) in [6.07, 6.45) is 4.06. The number of anilines is 1. The Kier molecular flexibility index (Phi) is 5.79. The summed E-state index contributed by atoms with van der Waals surface area (Å²) in [7, 11) is 1.54. The summed E-state index contributed by atoms with van der Waals surface area (Å²) in [4.78, 5) is 32.8. The third-order valence-corrected chi connectivity index (χ3v) is 5.18. The highest BCUT2D eigenvalue weighted by molar-refractivity contribution is 5.75. The van der Waals surface area contributed by atoms with Gasteiger partial charge in [0.05, 0.1) is 0 Å². The monoisotopic (exact) mass is 388 g/mol. The van der Waals surface area contributed by atoms with E-state index in [1.54, 1.807) is 4.57 Å². The van der Waals surface area contributed by atoms with Gasteiger partial charge in [0.15, 0.2) is 11.2 Å². The highest BCUT2D eigenvalue weighted by atomic mass is 16.2. The van der Waals surface area contributed by atoms with Gasteiger partial charge in [0.2, 0.25) is 5.95 Å². The zero-order valence-electron chi connectivity index (χ0n) is 17.6. The van der Waals surface area contributed by atoms with E-state index in [9.17, 15) is 9.59 Å². The molecule has 2 aromatic heterocycles. The SMILES string of the molecule is CC(C)=CCn1c(N2CCCC(N)C2)nc2c1c(=O)n(C)c(=O)n2CC(C)C. The van der Waals surface area contributed by atoms with Crippen molar-refractivity contribution in [2.45, 2.75) is 59.7 Å². The molecule has 1 unspecified atom stereocenters. The number of piperidine rings is 1. The maximum Gasteiger partial charge on any atom is 0.332 e. The molecule has 2 N–H and O–H groups in total. The smallest absolute Gasteiger partial charge is 0.332 e. The zero-order valence-corrected chi connectivity index (χ0v) is 17.6. The molecule has 1 aliphatic heterocycles. The molecule has 1 fully saturated rings. The van der Waals surface area contributed by atoms with Gasteiger partial charge in [-0.05, 0) is 32.6 Å². The lowest BCUT2D eigenvalue weighted by Gasteiger charge is -2.31. The quantitative estimate of drug-likeness (QED) is 0.783. The lowest BCUT2D eigenvalue weighted by Crippen LogP contribution is -2.44. The van der Waals surface area contributed by atoms with Crippen LogP contribution in [-0.2, 0) is 20.1 Å². The summed E-state index contributed by atoms with van der Waals surface area (Å²) >= 11 is 0. The molecule has 0 spiro atoms. The lowest BCUT2D eigenvalue weighted by atomic mass is 10.1. The van der Waals surface area contributed by atoms with Crippen LogP contribution < -0.4 is 21.9 Å². The van der Waals surface area contributed by atoms with E-state index < -0.39 is 0 Å². The molecule has 0 aromatic carbocycles. The fourth-order valence-electron chi connectivity index (χ4n) is 3.75. The minimum Gasteiger partial charge on any atom is -0.341 e. The molecule has 1 saturated heterocycles. The molecule has 154 valence electrons. The Hall–Kier alpha value is -2.35. The maximum atomic E-state index is 13.0. The fraction of sp³-hybridized carbons (Fsp3) is 0.650. The van der Waals surface area contributed by atoms with Gasteiger partial charge in [-0.3, -0.25) is 13.9 Å². The number of hydrogen-bond acceptors (Lipinski definition) is 5. The molecular formula is C20H32N6O2. The van der Waals surface area contributed by atoms with E-state index in [2.05, 4.69) is 11.0 Å². The van der Waals surface area contributed by atoms with Gasteiger partial charge in [-0.15, -0.1) is 0 Å². The van der Waals surface area contributed by atoms with Crippen LogP contribution in [0.15, 0.2) is 21.2 Å². The first-order chi connectivity index (χ1) is 13.2. The molecule has 1 atom stereocenters. The van der Waals surface area contributed by atoms with E-state index in [4.69, 9.17) is 10.7 Å². The van der Waals surface area contributed by atoms with E-state index >= 15 is 0 Å². The van der Waals surface area contributed by atoms with Crippen LogP contribution in [0.4, 0.5) is 5.95 Å². The summed E-state index contributed by atoms with van der Waals surface area (Å²) in [5.41, 5.74) is 7.68. The van der Waals surface area contributed by atoms with Gasteiger partial charge >= 0.3 is 5.69 Å². The number of nitrogens with zero attached hydrogens (tertiary/aromatic N) is 5. The average Bonchev–Trinajstić information content (AvgIpc) is 3.01. The normalized spacial score (nSPS) is 17.5. The number of nitrogens with two attached hydrogens (primary N) is 1. The van der Waals surface area contributed by atoms with E-state index in [1.807, 2.05) is 32.3 Å². The van der Waals surface area contributed by atoms with Gasteiger partial charge in [0.1, 0.15) is 0 Å². The molecule has 0 saturated carbocycles. The standard InChI is InChI=1S/C20H32N6O2/c1-13(2)8-10-25-16-17(22-19(25)24-9-6-7-15(21)12-24)26(11-14(3)4)20(28)23(5)18(16)27/h8,14-15H,6-7,9-12,21H2,1-5H3. The number of fused-ring (bicyclic) bond motifs is 1. The Bertz CT molecular complexity index is 1010. The molecule has 1 aliphatic rings. The summed E-state index contributed by atoms with van der Waals surface area (Å²) in [5, 5.41) is 0. The van der Waals surface area contributed by atoms with Crippen molar-refractivity contribution in [3.05, 3.63) is 32.5 Å². The summed E-state index contributed by atoms with van der Waals surface area (Å²) in [5.74, 6) is 0.982. The van der Waals surface area contributed by atoms with Crippen molar-refractivity contribution in [2.24, 2.45) is 18.7 Å². The molecule has 8 nitrogen and oxygen atoms in total. The largest absolute Gasteiger partial charge is 0.341 e. The third-order valence-electron chi connectivity index (χ3n) is 5.18. The molecule has 0 bridgehead atoms. The zero-order chi connectivity index (χ0) is 20.6. The molecule has 0 radical (unpaired) electrons. The molecule has 0 amide bonds. The van der Waals surface area contributed by atoms with Crippen LogP contribution in [0.3, 0.4) is 0 Å². The summed E-state index contributed by atoms with van der Waals surface area (Å²) in [6.45, 7) is 10.8. The van der Waals surface area contributed by atoms with Crippen LogP contribution in [0.2, 0.25) is 0 Å². The second-order valence-electron chi connectivity index (χ2n) is 8.48. The molecular weight excluding hydrogens is 356 g/mol. The third kappa shape index (κ3) is 3.78. The van der Waals surface area contributed by atoms with E-state index in [1.165, 1.54) is 11.6 Å². The van der Waals surface area contributed by atoms with Gasteiger partial charge in [-0.1, -0.05) is 25.5 Å². The summed E-state index contributed by atoms with van der Waals surface area (Å²) in [6, 6.07) is 0.0890. The van der Waals surface area contributed by atoms with Crippen molar-refractivity contribution < 1.29 is 0 Å². The van der Waals surface area contributed by atoms with Crippen LogP contribution in [0.5, 0.6) is 0 Å². The molecule has 28 heavy (non-hydrogen) atoms. The topological polar surface area (TPSA) is 91.1 Å². The Morgan fingerprint density at radius 3 is 2.61 bits per heavy atom. The van der Waals surface area contributed by atoms with Gasteiger partial charge < -0.3 is 15.2 Å². The molecule has 3 rings (SSSR count). The Balaban J connectivity index is 2.31. The highest BCUT2D eigenvalue weighted by Gasteiger charge is 2.26. The number of allylic oxidation sites excluding steroid dienone is 2. The minimum absolute atomic E-state index is 0.0890. The molecule has 8 heteroatoms. The second kappa shape index (κ2) is 7.95. The van der Waals surface area contributed by atoms with Crippen LogP contribution in [0.25, 0.3) is 11.2 Å². The van der Waals surface area contributed by atoms with Gasteiger partial charge in [-0.25, -0.2) is 4.79 Å². The molecule has 2 aromatic rings. The number of rotatable bonds is 5. The lowest BCUT2D eigenvalue weighted by molar-refractivity contribution is 0.494. The summed E-state index contributed by atoms with van der Waals surface area (Å²) < 4.78 is 4.77. The van der Waals surface area contributed by atoms with Crippen molar-refractivity contribution in [3.8, 4) is 0 Å². The fourth-order valence-corrected chi connectivity index (χ4v) is 3.75. The predicted molar refractivity (Wildman–Crippen MR) is 113 cm³/mol. The Morgan fingerprint density at radius 1 is 1.29 bits per heavy atom. The van der Waals surface area contributed by atoms with Crippen molar-refractivity contribution in [3.63, 3.8) is 0 Å². The molecule has 0 aliphatic carbocycles. The van der Waals surface area contributed by atoms with Crippen molar-refractivity contribution in [1.29, 1.82) is 0 Å². The highest BCUT2D eigenvalue weighted by Crippen LogP contribution is 2.23. The number of aromatic nitrogens is 4. The van der Waals surface area contributed by atoms with Gasteiger partial charge in [-0.2, -0.15) is 4.98 Å². The number of hydrogen-bond donors (Lipinski definition) is 1. The van der Waals surface area contributed by atoms with E-state index in [-0.39, 0.29) is 23.2 Å². The van der Waals surface area contributed by atoms with Crippen LogP contribution in [-0.4, -0.2) is 37.8 Å². The first kappa shape index (κ1) is 20.4. The first-order valence-corrected chi connectivity index (χ1v) is 10.0. The Morgan fingerprint density at radius 2 is 2.00 bits per heavy atom. The second-order valence-corrected chi connectivity index (χ2v) is 8.48. The van der Waals surface area contributed by atoms with Crippen LogP contribution in [0, 0.1) is 5.92 Å². The van der Waals surface area contributed by atoms with Crippen molar-refractivity contribution in [1.82, 2.24) is 18.7 Å². The number of imidazole rings is 1. The maximum absolute atomic E-state index is 13.0. The predicted octanol–water partition coefficient (Wildman–Crippen LogP) is 1.45. The van der Waals surface area contributed by atoms with E-state index in [0.29, 0.717) is 30.8 Å². The first-order valence-electron chi connectivity index (χ1n) is 10.0. The molecule has 3 heterocycles. The minimum atomic E-state index is -0.319.